The molecule has 0 saturated carbocycles. The molecule has 1 aliphatic rings. The molecule has 2 heterocycles. The molecule has 0 amide bonds. The monoisotopic (exact) mass is 634 g/mol. The third-order valence-corrected chi connectivity index (χ3v) is 8.94. The van der Waals surface area contributed by atoms with Gasteiger partial charge in [-0.3, -0.25) is 0 Å². The zero-order valence-electron chi connectivity index (χ0n) is 26.8. The lowest BCUT2D eigenvalue weighted by molar-refractivity contribution is 0.198. The van der Waals surface area contributed by atoms with Crippen molar-refractivity contribution < 1.29 is 9.47 Å². The molecule has 46 heavy (non-hydrogen) atoms. The van der Waals surface area contributed by atoms with Gasteiger partial charge >= 0.3 is 0 Å². The molecule has 238 valence electrons. The highest BCUT2D eigenvalue weighted by Crippen LogP contribution is 2.29. The Labute approximate surface area is 278 Å². The highest BCUT2D eigenvalue weighted by atomic mass is 35.5. The molecule has 0 unspecified atom stereocenters. The van der Waals surface area contributed by atoms with E-state index in [0.717, 1.165) is 89.7 Å². The van der Waals surface area contributed by atoms with Crippen LogP contribution in [0.4, 0.5) is 5.69 Å². The van der Waals surface area contributed by atoms with Crippen LogP contribution in [0.2, 0.25) is 5.02 Å². The maximum atomic E-state index is 6.18. The molecule has 6 nitrogen and oxygen atoms in total. The second kappa shape index (κ2) is 15.4. The number of ether oxygens (including phenoxy) is 2. The number of hydrogen-bond donors (Lipinski definition) is 1. The number of likely N-dealkylation sites (tertiary alicyclic amines) is 1. The highest BCUT2D eigenvalue weighted by Gasteiger charge is 2.18. The maximum Gasteiger partial charge on any atom is 0.127 e. The van der Waals surface area contributed by atoms with Crippen molar-refractivity contribution in [2.45, 2.75) is 46.0 Å². The number of hydrogen-bond acceptors (Lipinski definition) is 5. The van der Waals surface area contributed by atoms with Crippen LogP contribution in [0.25, 0.3) is 16.9 Å². The third-order valence-electron chi connectivity index (χ3n) is 8.69. The Morgan fingerprint density at radius 3 is 1.91 bits per heavy atom. The normalized spacial score (nSPS) is 13.9. The number of nitrogens with zero attached hydrogens (tertiary/aromatic N) is 3. The molecule has 1 aromatic heterocycles. The van der Waals surface area contributed by atoms with E-state index in [1.807, 2.05) is 60.7 Å². The van der Waals surface area contributed by atoms with E-state index in [1.165, 1.54) is 25.9 Å². The smallest absolute Gasteiger partial charge is 0.127 e. The van der Waals surface area contributed by atoms with Gasteiger partial charge in [0.2, 0.25) is 0 Å². The van der Waals surface area contributed by atoms with E-state index < -0.39 is 0 Å². The standard InChI is InChI=1S/C39H43ClN4O2/c1-3-5-6-39-42-38(28-44(39)33-13-21-37(22-14-33)46-35-17-9-31(40)10-18-35)30-7-15-34(16-8-30)45-36-19-11-32(12-20-36)41-27-29-23-25-43(4-2)26-24-29/h7-22,28-29,41H,3-6,23-27H2,1-2H3. The molecule has 0 radical (unpaired) electrons. The number of anilines is 1. The number of imidazole rings is 1. The zero-order chi connectivity index (χ0) is 31.7. The molecule has 0 aliphatic carbocycles. The quantitative estimate of drug-likeness (QED) is 0.140. The number of nitrogens with one attached hydrogen (secondary N) is 1. The molecule has 1 aliphatic heterocycles. The van der Waals surface area contributed by atoms with Gasteiger partial charge in [0.15, 0.2) is 0 Å². The average molecular weight is 635 g/mol. The Morgan fingerprint density at radius 2 is 1.33 bits per heavy atom. The fraction of sp³-hybridized carbons (Fsp3) is 0.308. The lowest BCUT2D eigenvalue weighted by Crippen LogP contribution is -2.35. The molecule has 4 aromatic carbocycles. The SMILES string of the molecule is CCCCc1nc(-c2ccc(Oc3ccc(NCC4CCN(CC)CC4)cc3)cc2)cn1-c1ccc(Oc2ccc(Cl)cc2)cc1. The van der Waals surface area contributed by atoms with Gasteiger partial charge in [0.25, 0.3) is 0 Å². The topological polar surface area (TPSA) is 51.5 Å². The van der Waals surface area contributed by atoms with E-state index in [2.05, 4.69) is 71.2 Å². The van der Waals surface area contributed by atoms with Gasteiger partial charge in [-0.05, 0) is 142 Å². The first-order valence-corrected chi connectivity index (χ1v) is 16.9. The summed E-state index contributed by atoms with van der Waals surface area (Å²) in [7, 11) is 0. The van der Waals surface area contributed by atoms with E-state index in [0.29, 0.717) is 5.02 Å². The van der Waals surface area contributed by atoms with E-state index in [9.17, 15) is 0 Å². The fourth-order valence-electron chi connectivity index (χ4n) is 5.85. The van der Waals surface area contributed by atoms with Gasteiger partial charge in [-0.25, -0.2) is 4.98 Å². The number of benzene rings is 4. The van der Waals surface area contributed by atoms with Gasteiger partial charge in [0, 0.05) is 41.1 Å². The third kappa shape index (κ3) is 8.31. The summed E-state index contributed by atoms with van der Waals surface area (Å²) in [6.07, 6.45) is 7.75. The van der Waals surface area contributed by atoms with Crippen LogP contribution in [0.5, 0.6) is 23.0 Å². The van der Waals surface area contributed by atoms with Crippen molar-refractivity contribution in [2.24, 2.45) is 5.92 Å². The number of aryl methyl sites for hydroxylation is 1. The maximum absolute atomic E-state index is 6.18. The van der Waals surface area contributed by atoms with Gasteiger partial charge < -0.3 is 24.3 Å². The predicted molar refractivity (Wildman–Crippen MR) is 189 cm³/mol. The molecule has 0 atom stereocenters. The van der Waals surface area contributed by atoms with Gasteiger partial charge in [-0.1, -0.05) is 31.9 Å². The average Bonchev–Trinajstić information content (AvgIpc) is 3.53. The molecular formula is C39H43ClN4O2. The van der Waals surface area contributed by atoms with E-state index in [-0.39, 0.29) is 0 Å². The van der Waals surface area contributed by atoms with Crippen molar-refractivity contribution in [1.29, 1.82) is 0 Å². The summed E-state index contributed by atoms with van der Waals surface area (Å²) < 4.78 is 14.4. The number of unbranched alkanes of at least 4 members (excludes halogenated alkanes) is 1. The molecule has 7 heteroatoms. The molecule has 1 N–H and O–H groups in total. The van der Waals surface area contributed by atoms with E-state index in [1.54, 1.807) is 0 Å². The summed E-state index contributed by atoms with van der Waals surface area (Å²) >= 11 is 6.01. The Balaban J connectivity index is 1.08. The summed E-state index contributed by atoms with van der Waals surface area (Å²) in [5.41, 5.74) is 4.18. The highest BCUT2D eigenvalue weighted by molar-refractivity contribution is 6.30. The van der Waals surface area contributed by atoms with Crippen LogP contribution in [0.15, 0.2) is 103 Å². The van der Waals surface area contributed by atoms with Crippen LogP contribution in [0.1, 0.15) is 45.4 Å². The van der Waals surface area contributed by atoms with Crippen LogP contribution < -0.4 is 14.8 Å². The molecule has 1 saturated heterocycles. The summed E-state index contributed by atoms with van der Waals surface area (Å²) in [4.78, 5) is 7.58. The van der Waals surface area contributed by atoms with Crippen LogP contribution in [0.3, 0.4) is 0 Å². The van der Waals surface area contributed by atoms with Crippen LogP contribution in [0, 0.1) is 5.92 Å². The van der Waals surface area contributed by atoms with Crippen molar-refractivity contribution in [3.63, 3.8) is 0 Å². The Morgan fingerprint density at radius 1 is 0.761 bits per heavy atom. The second-order valence-corrected chi connectivity index (χ2v) is 12.4. The molecule has 5 aromatic rings. The minimum atomic E-state index is 0.687. The fourth-order valence-corrected chi connectivity index (χ4v) is 5.97. The lowest BCUT2D eigenvalue weighted by Gasteiger charge is -2.31. The summed E-state index contributed by atoms with van der Waals surface area (Å²) in [6, 6.07) is 31.9. The first kappa shape index (κ1) is 31.7. The minimum absolute atomic E-state index is 0.687. The number of piperidine rings is 1. The van der Waals surface area contributed by atoms with Crippen molar-refractivity contribution >= 4 is 17.3 Å². The van der Waals surface area contributed by atoms with Crippen molar-refractivity contribution in [2.75, 3.05) is 31.5 Å². The Bertz CT molecular complexity index is 1660. The summed E-state index contributed by atoms with van der Waals surface area (Å²) in [5, 5.41) is 4.30. The number of rotatable bonds is 13. The second-order valence-electron chi connectivity index (χ2n) is 12.0. The lowest BCUT2D eigenvalue weighted by atomic mass is 9.97. The van der Waals surface area contributed by atoms with Crippen molar-refractivity contribution in [1.82, 2.24) is 14.5 Å². The first-order valence-electron chi connectivity index (χ1n) is 16.5. The van der Waals surface area contributed by atoms with E-state index >= 15 is 0 Å². The molecule has 1 fully saturated rings. The number of halogens is 1. The largest absolute Gasteiger partial charge is 0.457 e. The summed E-state index contributed by atoms with van der Waals surface area (Å²) in [5.74, 6) is 4.93. The van der Waals surface area contributed by atoms with Crippen LogP contribution in [-0.2, 0) is 6.42 Å². The van der Waals surface area contributed by atoms with Gasteiger partial charge in [-0.15, -0.1) is 0 Å². The zero-order valence-corrected chi connectivity index (χ0v) is 27.5. The number of aromatic nitrogens is 2. The molecular weight excluding hydrogens is 592 g/mol. The molecule has 0 bridgehead atoms. The van der Waals surface area contributed by atoms with Crippen molar-refractivity contribution in [3.05, 3.63) is 114 Å². The molecule has 0 spiro atoms. The van der Waals surface area contributed by atoms with E-state index in [4.69, 9.17) is 26.1 Å². The van der Waals surface area contributed by atoms with Gasteiger partial charge in [0.05, 0.1) is 5.69 Å². The van der Waals surface area contributed by atoms with Crippen LogP contribution in [-0.4, -0.2) is 40.6 Å². The van der Waals surface area contributed by atoms with Crippen LogP contribution >= 0.6 is 11.6 Å². The van der Waals surface area contributed by atoms with Gasteiger partial charge in [-0.2, -0.15) is 0 Å². The predicted octanol–water partition coefficient (Wildman–Crippen LogP) is 10.3. The van der Waals surface area contributed by atoms with Gasteiger partial charge in [0.1, 0.15) is 28.8 Å². The Hall–Kier alpha value is -4.26. The Kier molecular flexibility index (Phi) is 10.6. The minimum Gasteiger partial charge on any atom is -0.457 e. The van der Waals surface area contributed by atoms with Crippen molar-refractivity contribution in [3.8, 4) is 39.9 Å². The molecule has 6 rings (SSSR count). The summed E-state index contributed by atoms with van der Waals surface area (Å²) in [6.45, 7) is 9.07. The first-order chi connectivity index (χ1) is 22.6.